The molecule has 1 aromatic rings. The highest BCUT2D eigenvalue weighted by atomic mass is 79.9. The van der Waals surface area contributed by atoms with Crippen molar-refractivity contribution >= 4 is 39.3 Å². The Kier molecular flexibility index (Phi) is 4.31. The number of halogens is 2. The van der Waals surface area contributed by atoms with E-state index in [1.54, 1.807) is 13.1 Å². The Morgan fingerprint density at radius 1 is 1.71 bits per heavy atom. The molecule has 4 nitrogen and oxygen atoms in total. The van der Waals surface area contributed by atoms with Crippen molar-refractivity contribution in [1.29, 1.82) is 0 Å². The molecule has 76 valence electrons. The fraction of sp³-hybridized carbons (Fsp3) is 0.250. The van der Waals surface area contributed by atoms with E-state index in [1.165, 1.54) is 6.20 Å². The lowest BCUT2D eigenvalue weighted by atomic mass is 10.4. The van der Waals surface area contributed by atoms with Crippen LogP contribution in [0.5, 0.6) is 0 Å². The molecule has 1 heterocycles. The maximum absolute atomic E-state index is 11.1. The number of hydrogen-bond donors (Lipinski definition) is 2. The molecule has 1 rings (SSSR count). The number of aromatic nitrogens is 1. The third-order valence-electron chi connectivity index (χ3n) is 1.41. The summed E-state index contributed by atoms with van der Waals surface area (Å²) in [5.74, 6) is 0.289. The quantitative estimate of drug-likeness (QED) is 0.884. The molecular formula is C8H9BrClN3O. The number of likely N-dealkylation sites (N-methyl/N-ethyl adjacent to an activating group) is 1. The van der Waals surface area contributed by atoms with Crippen LogP contribution in [0.1, 0.15) is 0 Å². The fourth-order valence-electron chi connectivity index (χ4n) is 0.830. The summed E-state index contributed by atoms with van der Waals surface area (Å²) in [6, 6.07) is 1.58. The van der Waals surface area contributed by atoms with Gasteiger partial charge in [0.05, 0.1) is 16.0 Å². The van der Waals surface area contributed by atoms with Crippen molar-refractivity contribution in [3.63, 3.8) is 0 Å². The van der Waals surface area contributed by atoms with Gasteiger partial charge in [-0.2, -0.15) is 0 Å². The van der Waals surface area contributed by atoms with Gasteiger partial charge >= 0.3 is 0 Å². The number of amides is 1. The minimum atomic E-state index is -0.154. The molecule has 0 saturated heterocycles. The highest BCUT2D eigenvalue weighted by Gasteiger charge is 2.03. The summed E-state index contributed by atoms with van der Waals surface area (Å²) >= 11 is 9.03. The standard InChI is InChI=1S/C8H9BrClN3O/c1-11-4-8(14)13-7-2-6(10)5(9)3-12-7/h2-3,11H,4H2,1H3,(H,12,13,14). The summed E-state index contributed by atoms with van der Waals surface area (Å²) in [6.45, 7) is 0.245. The molecule has 0 spiro atoms. The Balaban J connectivity index is 2.68. The van der Waals surface area contributed by atoms with Crippen LogP contribution in [0.2, 0.25) is 5.02 Å². The molecule has 0 saturated carbocycles. The van der Waals surface area contributed by atoms with Gasteiger partial charge in [0, 0.05) is 12.3 Å². The molecule has 6 heteroatoms. The van der Waals surface area contributed by atoms with Crippen LogP contribution in [0.25, 0.3) is 0 Å². The monoisotopic (exact) mass is 277 g/mol. The Bertz CT molecular complexity index is 345. The molecule has 1 aromatic heterocycles. The number of anilines is 1. The number of hydrogen-bond acceptors (Lipinski definition) is 3. The molecule has 0 unspecified atom stereocenters. The Morgan fingerprint density at radius 2 is 2.43 bits per heavy atom. The van der Waals surface area contributed by atoms with Gasteiger partial charge in [-0.05, 0) is 23.0 Å². The SMILES string of the molecule is CNCC(=O)Nc1cc(Cl)c(Br)cn1. The predicted octanol–water partition coefficient (Wildman–Crippen LogP) is 1.66. The number of rotatable bonds is 3. The van der Waals surface area contributed by atoms with Crippen LogP contribution in [-0.4, -0.2) is 24.5 Å². The third-order valence-corrected chi connectivity index (χ3v) is 2.59. The van der Waals surface area contributed by atoms with E-state index in [1.807, 2.05) is 0 Å². The lowest BCUT2D eigenvalue weighted by molar-refractivity contribution is -0.115. The van der Waals surface area contributed by atoms with Crippen molar-refractivity contribution < 1.29 is 4.79 Å². The van der Waals surface area contributed by atoms with Crippen molar-refractivity contribution in [3.05, 3.63) is 21.8 Å². The van der Waals surface area contributed by atoms with E-state index in [4.69, 9.17) is 11.6 Å². The van der Waals surface area contributed by atoms with E-state index >= 15 is 0 Å². The normalized spacial score (nSPS) is 9.93. The van der Waals surface area contributed by atoms with Crippen molar-refractivity contribution in [2.75, 3.05) is 18.9 Å². The van der Waals surface area contributed by atoms with Gasteiger partial charge in [0.25, 0.3) is 0 Å². The van der Waals surface area contributed by atoms with Gasteiger partial charge in [-0.1, -0.05) is 11.6 Å². The van der Waals surface area contributed by atoms with E-state index in [0.29, 0.717) is 15.3 Å². The molecule has 0 fully saturated rings. The van der Waals surface area contributed by atoms with Crippen LogP contribution in [-0.2, 0) is 4.79 Å². The summed E-state index contributed by atoms with van der Waals surface area (Å²) in [4.78, 5) is 15.1. The van der Waals surface area contributed by atoms with Gasteiger partial charge in [0.15, 0.2) is 0 Å². The molecule has 14 heavy (non-hydrogen) atoms. The summed E-state index contributed by atoms with van der Waals surface area (Å²) < 4.78 is 0.700. The van der Waals surface area contributed by atoms with Gasteiger partial charge in [-0.3, -0.25) is 4.79 Å². The van der Waals surface area contributed by atoms with Crippen LogP contribution in [0.3, 0.4) is 0 Å². The van der Waals surface area contributed by atoms with Crippen molar-refractivity contribution in [3.8, 4) is 0 Å². The number of nitrogens with zero attached hydrogens (tertiary/aromatic N) is 1. The number of carbonyl (C=O) groups excluding carboxylic acids is 1. The zero-order valence-corrected chi connectivity index (χ0v) is 9.82. The summed E-state index contributed by atoms with van der Waals surface area (Å²) in [5, 5.41) is 5.84. The van der Waals surface area contributed by atoms with E-state index in [2.05, 4.69) is 31.5 Å². The lowest BCUT2D eigenvalue weighted by Crippen LogP contribution is -2.25. The largest absolute Gasteiger partial charge is 0.311 e. The Labute approximate surface area is 95.2 Å². The summed E-state index contributed by atoms with van der Waals surface area (Å²) in [5.41, 5.74) is 0. The second-order valence-corrected chi connectivity index (χ2v) is 3.82. The third kappa shape index (κ3) is 3.25. The number of pyridine rings is 1. The smallest absolute Gasteiger partial charge is 0.239 e. The minimum absolute atomic E-state index is 0.154. The predicted molar refractivity (Wildman–Crippen MR) is 59.5 cm³/mol. The highest BCUT2D eigenvalue weighted by molar-refractivity contribution is 9.10. The van der Waals surface area contributed by atoms with Crippen molar-refractivity contribution in [2.24, 2.45) is 0 Å². The highest BCUT2D eigenvalue weighted by Crippen LogP contribution is 2.23. The number of nitrogens with one attached hydrogen (secondary N) is 2. The van der Waals surface area contributed by atoms with Crippen molar-refractivity contribution in [2.45, 2.75) is 0 Å². The Morgan fingerprint density at radius 3 is 3.00 bits per heavy atom. The first-order valence-corrected chi connectivity index (χ1v) is 5.06. The van der Waals surface area contributed by atoms with Gasteiger partial charge in [0.2, 0.25) is 5.91 Å². The van der Waals surface area contributed by atoms with Crippen molar-refractivity contribution in [1.82, 2.24) is 10.3 Å². The molecular weight excluding hydrogens is 269 g/mol. The summed E-state index contributed by atoms with van der Waals surface area (Å²) in [7, 11) is 1.70. The molecule has 1 amide bonds. The first-order chi connectivity index (χ1) is 6.63. The van der Waals surface area contributed by atoms with Gasteiger partial charge < -0.3 is 10.6 Å². The fourth-order valence-corrected chi connectivity index (χ4v) is 1.20. The second kappa shape index (κ2) is 5.29. The lowest BCUT2D eigenvalue weighted by Gasteiger charge is -2.04. The molecule has 0 bridgehead atoms. The van der Waals surface area contributed by atoms with Crippen LogP contribution in [0.4, 0.5) is 5.82 Å². The topological polar surface area (TPSA) is 54.0 Å². The molecule has 0 aliphatic heterocycles. The average Bonchev–Trinajstić information content (AvgIpc) is 2.12. The Hall–Kier alpha value is -0.650. The maximum Gasteiger partial charge on any atom is 0.239 e. The van der Waals surface area contributed by atoms with Crippen LogP contribution < -0.4 is 10.6 Å². The molecule has 0 aliphatic rings. The van der Waals surface area contributed by atoms with Crippen LogP contribution in [0, 0.1) is 0 Å². The van der Waals surface area contributed by atoms with Crippen LogP contribution >= 0.6 is 27.5 Å². The maximum atomic E-state index is 11.1. The second-order valence-electron chi connectivity index (χ2n) is 2.56. The minimum Gasteiger partial charge on any atom is -0.311 e. The van der Waals surface area contributed by atoms with E-state index in [9.17, 15) is 4.79 Å². The summed E-state index contributed by atoms with van der Waals surface area (Å²) in [6.07, 6.45) is 1.54. The van der Waals surface area contributed by atoms with E-state index in [-0.39, 0.29) is 12.5 Å². The van der Waals surface area contributed by atoms with Gasteiger partial charge in [-0.25, -0.2) is 4.98 Å². The zero-order chi connectivity index (χ0) is 10.6. The first-order valence-electron chi connectivity index (χ1n) is 3.89. The molecule has 0 radical (unpaired) electrons. The molecule has 0 aliphatic carbocycles. The molecule has 0 aromatic carbocycles. The van der Waals surface area contributed by atoms with Gasteiger partial charge in [0.1, 0.15) is 5.82 Å². The number of carbonyl (C=O) groups is 1. The van der Waals surface area contributed by atoms with E-state index in [0.717, 1.165) is 0 Å². The average molecular weight is 279 g/mol. The van der Waals surface area contributed by atoms with E-state index < -0.39 is 0 Å². The molecule has 2 N–H and O–H groups in total. The molecule has 0 atom stereocenters. The first kappa shape index (κ1) is 11.4. The van der Waals surface area contributed by atoms with Crippen LogP contribution in [0.15, 0.2) is 16.7 Å². The van der Waals surface area contributed by atoms with Gasteiger partial charge in [-0.15, -0.1) is 0 Å². The zero-order valence-electron chi connectivity index (χ0n) is 7.47.